The summed E-state index contributed by atoms with van der Waals surface area (Å²) in [7, 11) is 3.94. The number of anilines is 4. The minimum Gasteiger partial charge on any atom is -0.494 e. The maximum atomic E-state index is 5.95. The van der Waals surface area contributed by atoms with Crippen LogP contribution in [-0.2, 0) is 4.84 Å². The van der Waals surface area contributed by atoms with Gasteiger partial charge in [0.1, 0.15) is 17.9 Å². The third kappa shape index (κ3) is 5.44. The smallest absolute Gasteiger partial charge is 0.158 e. The van der Waals surface area contributed by atoms with E-state index in [0.717, 1.165) is 36.8 Å². The lowest BCUT2D eigenvalue weighted by Gasteiger charge is -2.42. The van der Waals surface area contributed by atoms with Crippen LogP contribution in [0, 0.1) is 0 Å². The van der Waals surface area contributed by atoms with E-state index in [-0.39, 0.29) is 6.04 Å². The van der Waals surface area contributed by atoms with Gasteiger partial charge < -0.3 is 19.9 Å². The monoisotopic (exact) mass is 535 g/mol. The van der Waals surface area contributed by atoms with Gasteiger partial charge in [0.2, 0.25) is 0 Å². The Balaban J connectivity index is 1.11. The average molecular weight is 536 g/mol. The molecule has 0 bridgehead atoms. The molecular weight excluding hydrogens is 498 g/mol. The number of aromatic nitrogens is 2. The molecule has 0 unspecified atom stereocenters. The summed E-state index contributed by atoms with van der Waals surface area (Å²) in [6.45, 7) is 7.57. The van der Waals surface area contributed by atoms with Crippen molar-refractivity contribution in [2.24, 2.45) is 0 Å². The number of hydrogen-bond acceptors (Lipinski definition) is 10. The topological polar surface area (TPSA) is 69.2 Å². The van der Waals surface area contributed by atoms with Crippen molar-refractivity contribution in [2.75, 3.05) is 75.3 Å². The van der Waals surface area contributed by atoms with Crippen molar-refractivity contribution in [3.8, 4) is 5.75 Å². The van der Waals surface area contributed by atoms with Gasteiger partial charge in [-0.3, -0.25) is 9.74 Å². The van der Waals surface area contributed by atoms with Gasteiger partial charge in [-0.15, -0.1) is 11.3 Å². The molecule has 3 fully saturated rings. The zero-order chi connectivity index (χ0) is 25.9. The molecule has 5 heterocycles. The second kappa shape index (κ2) is 11.4. The van der Waals surface area contributed by atoms with Crippen LogP contribution >= 0.6 is 11.3 Å². The summed E-state index contributed by atoms with van der Waals surface area (Å²) < 4.78 is 5.79. The van der Waals surface area contributed by atoms with E-state index in [9.17, 15) is 0 Å². The number of piperidine rings is 1. The third-order valence-electron chi connectivity index (χ3n) is 7.99. The van der Waals surface area contributed by atoms with Gasteiger partial charge in [-0.2, -0.15) is 0 Å². The van der Waals surface area contributed by atoms with Crippen molar-refractivity contribution < 1.29 is 9.57 Å². The Morgan fingerprint density at radius 3 is 2.61 bits per heavy atom. The van der Waals surface area contributed by atoms with Crippen LogP contribution in [0.4, 0.5) is 23.0 Å². The molecule has 9 nitrogen and oxygen atoms in total. The van der Waals surface area contributed by atoms with Gasteiger partial charge >= 0.3 is 0 Å². The molecule has 3 saturated heterocycles. The van der Waals surface area contributed by atoms with Gasteiger partial charge in [0.25, 0.3) is 0 Å². The number of rotatable bonds is 7. The molecule has 1 N–H and O–H groups in total. The number of benzene rings is 1. The van der Waals surface area contributed by atoms with Crippen molar-refractivity contribution >= 4 is 34.3 Å². The number of nitrogens with zero attached hydrogens (tertiary/aromatic N) is 6. The van der Waals surface area contributed by atoms with Crippen molar-refractivity contribution in [3.63, 3.8) is 0 Å². The van der Waals surface area contributed by atoms with E-state index in [1.807, 2.05) is 11.1 Å². The highest BCUT2D eigenvalue weighted by molar-refractivity contribution is 7.10. The molecule has 202 valence electrons. The molecule has 3 aromatic rings. The molecule has 0 aliphatic carbocycles. The number of methoxy groups -OCH3 is 1. The van der Waals surface area contributed by atoms with E-state index >= 15 is 0 Å². The molecule has 0 spiro atoms. The SMILES string of the molecule is COc1cc(N2CCC(N3CCN(C)CC3)CC2)ccc1Nc1cc(N2OCC[C@@H]2c2cccs2)ncn1. The van der Waals surface area contributed by atoms with Crippen LogP contribution < -0.4 is 20.0 Å². The summed E-state index contributed by atoms with van der Waals surface area (Å²) >= 11 is 1.75. The summed E-state index contributed by atoms with van der Waals surface area (Å²) in [5, 5.41) is 7.45. The molecule has 3 aliphatic rings. The first-order valence-corrected chi connectivity index (χ1v) is 14.5. The minimum absolute atomic E-state index is 0.173. The van der Waals surface area contributed by atoms with Crippen LogP contribution in [0.1, 0.15) is 30.2 Å². The molecule has 1 atom stereocenters. The number of hydroxylamine groups is 1. The fraction of sp³-hybridized carbons (Fsp3) is 0.500. The minimum atomic E-state index is 0.173. The number of thiophene rings is 1. The Morgan fingerprint density at radius 2 is 1.84 bits per heavy atom. The number of ether oxygens (including phenoxy) is 1. The number of likely N-dealkylation sites (N-methyl/N-ethyl adjacent to an activating group) is 1. The molecule has 0 amide bonds. The molecule has 6 rings (SSSR count). The van der Waals surface area contributed by atoms with E-state index < -0.39 is 0 Å². The van der Waals surface area contributed by atoms with Gasteiger partial charge in [0, 0.05) is 74.4 Å². The lowest BCUT2D eigenvalue weighted by atomic mass is 10.0. The van der Waals surface area contributed by atoms with Crippen LogP contribution in [0.15, 0.2) is 48.1 Å². The molecule has 2 aromatic heterocycles. The second-order valence-corrected chi connectivity index (χ2v) is 11.3. The lowest BCUT2D eigenvalue weighted by molar-refractivity contribution is 0.0982. The van der Waals surface area contributed by atoms with Crippen LogP contribution in [0.25, 0.3) is 0 Å². The predicted octanol–water partition coefficient (Wildman–Crippen LogP) is 4.39. The first kappa shape index (κ1) is 25.4. The average Bonchev–Trinajstić information content (AvgIpc) is 3.67. The standard InChI is InChI=1S/C28H37N7O2S/c1-32-12-14-34(15-13-32)21-7-10-33(11-8-21)22-5-6-23(25(18-22)36-2)31-27-19-28(30-20-29-27)35-24(9-16-37-35)26-4-3-17-38-26/h3-6,17-21,24H,7-16H2,1-2H3,(H,29,30,31)/t24-/m1/s1. The van der Waals surface area contributed by atoms with Crippen molar-refractivity contribution in [1.82, 2.24) is 19.8 Å². The van der Waals surface area contributed by atoms with Gasteiger partial charge in [-0.05, 0) is 43.5 Å². The van der Waals surface area contributed by atoms with Crippen molar-refractivity contribution in [2.45, 2.75) is 31.3 Å². The number of piperazine rings is 1. The largest absolute Gasteiger partial charge is 0.494 e. The molecule has 38 heavy (non-hydrogen) atoms. The fourth-order valence-corrected chi connectivity index (χ4v) is 6.61. The van der Waals surface area contributed by atoms with E-state index in [1.165, 1.54) is 49.6 Å². The van der Waals surface area contributed by atoms with Gasteiger partial charge in [-0.1, -0.05) is 6.07 Å². The molecule has 0 radical (unpaired) electrons. The first-order chi connectivity index (χ1) is 18.7. The Morgan fingerprint density at radius 1 is 1.00 bits per heavy atom. The summed E-state index contributed by atoms with van der Waals surface area (Å²) in [6.07, 6.45) is 4.94. The maximum absolute atomic E-state index is 5.95. The van der Waals surface area contributed by atoms with Gasteiger partial charge in [-0.25, -0.2) is 15.0 Å². The molecule has 1 aromatic carbocycles. The summed E-state index contributed by atoms with van der Waals surface area (Å²) in [4.78, 5) is 23.8. The quantitative estimate of drug-likeness (QED) is 0.474. The van der Waals surface area contributed by atoms with Crippen molar-refractivity contribution in [1.29, 1.82) is 0 Å². The Hall–Kier alpha value is -2.92. The zero-order valence-corrected chi connectivity index (χ0v) is 23.1. The molecule has 0 saturated carbocycles. The summed E-state index contributed by atoms with van der Waals surface area (Å²) in [5.74, 6) is 2.25. The number of hydrogen-bond donors (Lipinski definition) is 1. The highest BCUT2D eigenvalue weighted by atomic mass is 32.1. The first-order valence-electron chi connectivity index (χ1n) is 13.6. The second-order valence-electron chi connectivity index (χ2n) is 10.3. The molecule has 3 aliphatic heterocycles. The van der Waals surface area contributed by atoms with E-state index in [4.69, 9.17) is 9.57 Å². The van der Waals surface area contributed by atoms with Gasteiger partial charge in [0.05, 0.1) is 25.4 Å². The lowest BCUT2D eigenvalue weighted by Crippen LogP contribution is -2.52. The van der Waals surface area contributed by atoms with E-state index in [1.54, 1.807) is 24.8 Å². The van der Waals surface area contributed by atoms with Gasteiger partial charge in [0.15, 0.2) is 5.82 Å². The van der Waals surface area contributed by atoms with E-state index in [0.29, 0.717) is 18.5 Å². The zero-order valence-electron chi connectivity index (χ0n) is 22.3. The molecular formula is C28H37N7O2S. The Kier molecular flexibility index (Phi) is 7.64. The summed E-state index contributed by atoms with van der Waals surface area (Å²) in [5.41, 5.74) is 2.09. The Labute approximate surface area is 228 Å². The Bertz CT molecular complexity index is 1190. The molecule has 10 heteroatoms. The highest BCUT2D eigenvalue weighted by Gasteiger charge is 2.30. The van der Waals surface area contributed by atoms with Crippen molar-refractivity contribution in [3.05, 3.63) is 53.0 Å². The van der Waals surface area contributed by atoms with Crippen LogP contribution in [-0.4, -0.2) is 85.8 Å². The van der Waals surface area contributed by atoms with Crippen LogP contribution in [0.5, 0.6) is 5.75 Å². The normalized spacial score (nSPS) is 21.7. The summed E-state index contributed by atoms with van der Waals surface area (Å²) in [6, 6.07) is 13.4. The number of nitrogens with one attached hydrogen (secondary N) is 1. The third-order valence-corrected chi connectivity index (χ3v) is 8.96. The maximum Gasteiger partial charge on any atom is 0.158 e. The predicted molar refractivity (Wildman–Crippen MR) is 153 cm³/mol. The highest BCUT2D eigenvalue weighted by Crippen LogP contribution is 2.37. The van der Waals surface area contributed by atoms with Crippen LogP contribution in [0.2, 0.25) is 0 Å². The van der Waals surface area contributed by atoms with Crippen LogP contribution in [0.3, 0.4) is 0 Å². The van der Waals surface area contributed by atoms with E-state index in [2.05, 4.69) is 72.7 Å². The fourth-order valence-electron chi connectivity index (χ4n) is 5.76.